The van der Waals surface area contributed by atoms with E-state index in [2.05, 4.69) is 15.6 Å². The fourth-order valence-corrected chi connectivity index (χ4v) is 1.64. The topological polar surface area (TPSA) is 54.0 Å². The van der Waals surface area contributed by atoms with E-state index in [-0.39, 0.29) is 5.91 Å². The van der Waals surface area contributed by atoms with E-state index in [4.69, 9.17) is 0 Å². The zero-order valence-corrected chi connectivity index (χ0v) is 8.64. The van der Waals surface area contributed by atoms with Crippen LogP contribution < -0.4 is 10.6 Å². The summed E-state index contributed by atoms with van der Waals surface area (Å²) in [5, 5.41) is 6.00. The highest BCUT2D eigenvalue weighted by Crippen LogP contribution is 2.17. The van der Waals surface area contributed by atoms with E-state index in [1.54, 1.807) is 23.0 Å². The van der Waals surface area contributed by atoms with Crippen molar-refractivity contribution in [2.45, 2.75) is 25.4 Å². The molecule has 1 aliphatic carbocycles. The zero-order valence-electron chi connectivity index (χ0n) is 7.82. The van der Waals surface area contributed by atoms with Gasteiger partial charge in [-0.05, 0) is 12.8 Å². The van der Waals surface area contributed by atoms with Crippen molar-refractivity contribution in [3.8, 4) is 0 Å². The summed E-state index contributed by atoms with van der Waals surface area (Å²) in [7, 11) is 0. The number of nitrogens with zero attached hydrogens (tertiary/aromatic N) is 1. The summed E-state index contributed by atoms with van der Waals surface area (Å²) in [5.74, 6) is 0.0605. The second-order valence-corrected chi connectivity index (χ2v) is 4.37. The molecule has 1 amide bonds. The van der Waals surface area contributed by atoms with E-state index < -0.39 is 0 Å². The highest BCUT2D eigenvalue weighted by Gasteiger charge is 2.20. The molecule has 76 valence electrons. The number of amides is 1. The predicted molar refractivity (Wildman–Crippen MR) is 55.0 cm³/mol. The molecule has 0 spiro atoms. The molecule has 4 nitrogen and oxygen atoms in total. The van der Waals surface area contributed by atoms with Gasteiger partial charge in [0, 0.05) is 17.1 Å². The summed E-state index contributed by atoms with van der Waals surface area (Å²) >= 11 is 1.56. The Bertz CT molecular complexity index is 295. The summed E-state index contributed by atoms with van der Waals surface area (Å²) in [6.07, 6.45) is 4.20. The molecule has 14 heavy (non-hydrogen) atoms. The lowest BCUT2D eigenvalue weighted by Gasteiger charge is -2.03. The smallest absolute Gasteiger partial charge is 0.234 e. The maximum absolute atomic E-state index is 11.3. The molecular formula is C9H13N3OS. The minimum absolute atomic E-state index is 0.0605. The van der Waals surface area contributed by atoms with Crippen LogP contribution in [0, 0.1) is 0 Å². The number of thiazole rings is 1. The molecule has 2 N–H and O–H groups in total. The molecule has 5 heteroatoms. The lowest BCUT2D eigenvalue weighted by molar-refractivity contribution is -0.120. The second kappa shape index (κ2) is 4.52. The molecule has 0 radical (unpaired) electrons. The maximum atomic E-state index is 11.3. The number of hydrogen-bond acceptors (Lipinski definition) is 4. The van der Waals surface area contributed by atoms with Gasteiger partial charge in [0.25, 0.3) is 0 Å². The van der Waals surface area contributed by atoms with Crippen LogP contribution >= 0.6 is 11.3 Å². The van der Waals surface area contributed by atoms with Crippen LogP contribution in [0.4, 0.5) is 0 Å². The lowest BCUT2D eigenvalue weighted by Crippen LogP contribution is -2.34. The third-order valence-corrected chi connectivity index (χ3v) is 2.85. The fraction of sp³-hybridized carbons (Fsp3) is 0.556. The molecule has 1 fully saturated rings. The van der Waals surface area contributed by atoms with E-state index >= 15 is 0 Å². The molecule has 1 aromatic heterocycles. The van der Waals surface area contributed by atoms with Crippen LogP contribution in [0.3, 0.4) is 0 Å². The molecule has 0 bridgehead atoms. The molecule has 1 saturated carbocycles. The largest absolute Gasteiger partial charge is 0.350 e. The van der Waals surface area contributed by atoms with Crippen molar-refractivity contribution in [2.75, 3.05) is 6.54 Å². The van der Waals surface area contributed by atoms with Crippen LogP contribution in [-0.4, -0.2) is 23.5 Å². The summed E-state index contributed by atoms with van der Waals surface area (Å²) in [5.41, 5.74) is 1.77. The van der Waals surface area contributed by atoms with Crippen molar-refractivity contribution < 1.29 is 4.79 Å². The number of carbonyl (C=O) groups excluding carboxylic acids is 1. The number of carbonyl (C=O) groups is 1. The Morgan fingerprint density at radius 3 is 3.14 bits per heavy atom. The average Bonchev–Trinajstić information content (AvgIpc) is 2.87. The average molecular weight is 211 g/mol. The van der Waals surface area contributed by atoms with Crippen LogP contribution in [-0.2, 0) is 11.3 Å². The van der Waals surface area contributed by atoms with Gasteiger partial charge in [-0.1, -0.05) is 0 Å². The Labute approximate surface area is 86.7 Å². The van der Waals surface area contributed by atoms with Gasteiger partial charge >= 0.3 is 0 Å². The van der Waals surface area contributed by atoms with Gasteiger partial charge in [0.15, 0.2) is 0 Å². The highest BCUT2D eigenvalue weighted by molar-refractivity contribution is 7.09. The maximum Gasteiger partial charge on any atom is 0.234 e. The van der Waals surface area contributed by atoms with E-state index in [9.17, 15) is 4.79 Å². The zero-order chi connectivity index (χ0) is 9.80. The van der Waals surface area contributed by atoms with Gasteiger partial charge in [0.1, 0.15) is 0 Å². The van der Waals surface area contributed by atoms with Gasteiger partial charge in [0.2, 0.25) is 5.91 Å². The molecule has 0 aromatic carbocycles. The van der Waals surface area contributed by atoms with Crippen LogP contribution in [0.5, 0.6) is 0 Å². The van der Waals surface area contributed by atoms with Crippen LogP contribution in [0.15, 0.2) is 11.7 Å². The van der Waals surface area contributed by atoms with E-state index in [0.29, 0.717) is 19.1 Å². The van der Waals surface area contributed by atoms with Crippen molar-refractivity contribution in [3.05, 3.63) is 16.6 Å². The minimum atomic E-state index is 0.0605. The monoisotopic (exact) mass is 211 g/mol. The number of aromatic nitrogens is 1. The Kier molecular flexibility index (Phi) is 3.10. The third kappa shape index (κ3) is 3.08. The second-order valence-electron chi connectivity index (χ2n) is 3.40. The molecule has 0 aliphatic heterocycles. The van der Waals surface area contributed by atoms with Crippen molar-refractivity contribution in [1.29, 1.82) is 0 Å². The first-order valence-electron chi connectivity index (χ1n) is 4.72. The minimum Gasteiger partial charge on any atom is -0.350 e. The Morgan fingerprint density at radius 2 is 2.50 bits per heavy atom. The first-order valence-corrected chi connectivity index (χ1v) is 5.60. The lowest BCUT2D eigenvalue weighted by atomic mass is 10.5. The van der Waals surface area contributed by atoms with Crippen molar-refractivity contribution >= 4 is 17.2 Å². The highest BCUT2D eigenvalue weighted by atomic mass is 32.1. The van der Waals surface area contributed by atoms with E-state index in [0.717, 1.165) is 4.88 Å². The molecule has 1 aromatic rings. The molecule has 1 heterocycles. The molecular weight excluding hydrogens is 198 g/mol. The van der Waals surface area contributed by atoms with E-state index in [1.165, 1.54) is 12.8 Å². The Hall–Kier alpha value is -0.940. The third-order valence-electron chi connectivity index (χ3n) is 2.07. The molecule has 0 unspecified atom stereocenters. The van der Waals surface area contributed by atoms with Crippen LogP contribution in [0.25, 0.3) is 0 Å². The normalized spacial score (nSPS) is 15.4. The number of hydrogen-bond donors (Lipinski definition) is 2. The first kappa shape index (κ1) is 9.61. The van der Waals surface area contributed by atoms with Crippen LogP contribution in [0.1, 0.15) is 17.7 Å². The molecule has 2 rings (SSSR count). The summed E-state index contributed by atoms with van der Waals surface area (Å²) in [4.78, 5) is 16.3. The van der Waals surface area contributed by atoms with Crippen LogP contribution in [0.2, 0.25) is 0 Å². The van der Waals surface area contributed by atoms with Gasteiger partial charge < -0.3 is 10.6 Å². The van der Waals surface area contributed by atoms with Crippen molar-refractivity contribution in [1.82, 2.24) is 15.6 Å². The number of rotatable bonds is 5. The SMILES string of the molecule is O=C(CNC1CC1)NCc1cncs1. The molecule has 1 aliphatic rings. The summed E-state index contributed by atoms with van der Waals surface area (Å²) in [6, 6.07) is 0.587. The summed E-state index contributed by atoms with van der Waals surface area (Å²) in [6.45, 7) is 1.03. The quantitative estimate of drug-likeness (QED) is 0.746. The van der Waals surface area contributed by atoms with Crippen molar-refractivity contribution in [3.63, 3.8) is 0 Å². The Balaban J connectivity index is 1.62. The first-order chi connectivity index (χ1) is 6.84. The summed E-state index contributed by atoms with van der Waals surface area (Å²) < 4.78 is 0. The van der Waals surface area contributed by atoms with Gasteiger partial charge in [-0.25, -0.2) is 0 Å². The van der Waals surface area contributed by atoms with Gasteiger partial charge in [-0.15, -0.1) is 11.3 Å². The van der Waals surface area contributed by atoms with Gasteiger partial charge in [-0.2, -0.15) is 0 Å². The number of nitrogens with one attached hydrogen (secondary N) is 2. The van der Waals surface area contributed by atoms with Crippen molar-refractivity contribution in [2.24, 2.45) is 0 Å². The predicted octanol–water partition coefficient (Wildman–Crippen LogP) is 0.511. The van der Waals surface area contributed by atoms with Gasteiger partial charge in [-0.3, -0.25) is 9.78 Å². The fourth-order valence-electron chi connectivity index (χ4n) is 1.10. The Morgan fingerprint density at radius 1 is 1.64 bits per heavy atom. The van der Waals surface area contributed by atoms with E-state index in [1.807, 2.05) is 0 Å². The molecule has 0 atom stereocenters. The standard InChI is InChI=1S/C9H13N3OS/c13-9(5-11-7-1-2-7)12-4-8-3-10-6-14-8/h3,6-7,11H,1-2,4-5H2,(H,12,13). The van der Waals surface area contributed by atoms with Gasteiger partial charge in [0.05, 0.1) is 18.6 Å². The molecule has 0 saturated heterocycles.